The molecule has 1 aliphatic carbocycles. The summed E-state index contributed by atoms with van der Waals surface area (Å²) in [7, 11) is 7.77. The second-order valence-corrected chi connectivity index (χ2v) is 14.3. The van der Waals surface area contributed by atoms with E-state index in [1.54, 1.807) is 24.3 Å². The number of oxime groups is 1. The second-order valence-electron chi connectivity index (χ2n) is 13.9. The van der Waals surface area contributed by atoms with E-state index in [0.29, 0.717) is 40.0 Å². The molecule has 1 unspecified atom stereocenters. The van der Waals surface area contributed by atoms with Gasteiger partial charge in [0.25, 0.3) is 0 Å². The van der Waals surface area contributed by atoms with Gasteiger partial charge in [0, 0.05) is 73.0 Å². The first-order chi connectivity index (χ1) is 26.3. The van der Waals surface area contributed by atoms with Crippen LogP contribution in [0.3, 0.4) is 0 Å². The first kappa shape index (κ1) is 37.9. The fourth-order valence-electron chi connectivity index (χ4n) is 6.99. The molecule has 17 heteroatoms. The van der Waals surface area contributed by atoms with E-state index in [1.807, 2.05) is 80.1 Å². The van der Waals surface area contributed by atoms with Crippen LogP contribution in [0.1, 0.15) is 15.9 Å². The predicted octanol–water partition coefficient (Wildman–Crippen LogP) is 2.44. The average molecular weight is 770 g/mol. The molecule has 15 nitrogen and oxygen atoms in total. The second kappa shape index (κ2) is 15.0. The van der Waals surface area contributed by atoms with Crippen molar-refractivity contribution in [1.82, 2.24) is 4.58 Å². The summed E-state index contributed by atoms with van der Waals surface area (Å²) < 4.78 is 26.2. The molecule has 7 N–H and O–H groups in total. The van der Waals surface area contributed by atoms with Gasteiger partial charge in [-0.1, -0.05) is 28.9 Å². The largest absolute Gasteiger partial charge is 0.539 e. The van der Waals surface area contributed by atoms with Gasteiger partial charge in [0.05, 0.1) is 23.9 Å². The summed E-state index contributed by atoms with van der Waals surface area (Å²) in [6, 6.07) is 22.1. The lowest BCUT2D eigenvalue weighted by atomic mass is 9.69. The molecule has 0 saturated carbocycles. The van der Waals surface area contributed by atoms with Gasteiger partial charge in [-0.25, -0.2) is 9.37 Å². The molecule has 3 aliphatic heterocycles. The molecule has 55 heavy (non-hydrogen) atoms. The Morgan fingerprint density at radius 1 is 0.982 bits per heavy atom. The zero-order valence-electron chi connectivity index (χ0n) is 30.3. The maximum absolute atomic E-state index is 12.9. The van der Waals surface area contributed by atoms with E-state index in [-0.39, 0.29) is 23.9 Å². The summed E-state index contributed by atoms with van der Waals surface area (Å²) >= 11 is 5.64. The van der Waals surface area contributed by atoms with Crippen molar-refractivity contribution in [2.24, 2.45) is 5.16 Å². The summed E-state index contributed by atoms with van der Waals surface area (Å²) in [5.74, 6) is -0.509. The van der Waals surface area contributed by atoms with E-state index >= 15 is 0 Å². The van der Waals surface area contributed by atoms with Crippen LogP contribution in [0.5, 0.6) is 0 Å². The van der Waals surface area contributed by atoms with E-state index in [0.717, 1.165) is 33.1 Å². The van der Waals surface area contributed by atoms with Crippen LogP contribution < -0.4 is 30.9 Å². The number of nitrogens with zero attached hydrogens (tertiary/aromatic N) is 3. The van der Waals surface area contributed by atoms with Crippen molar-refractivity contribution < 1.29 is 48.8 Å². The maximum Gasteiger partial charge on any atom is 0.410 e. The van der Waals surface area contributed by atoms with Crippen molar-refractivity contribution in [1.29, 1.82) is 0 Å². The molecule has 3 heterocycles. The van der Waals surface area contributed by atoms with E-state index in [1.165, 1.54) is 6.07 Å². The van der Waals surface area contributed by atoms with Crippen LogP contribution in [0, 0.1) is 0 Å². The minimum absolute atomic E-state index is 0.0582. The summed E-state index contributed by atoms with van der Waals surface area (Å²) in [6.07, 6.45) is -5.30. The van der Waals surface area contributed by atoms with Crippen LogP contribution in [0.25, 0.3) is 33.4 Å². The van der Waals surface area contributed by atoms with E-state index in [4.69, 9.17) is 35.8 Å². The topological polar surface area (TPSA) is 202 Å². The fraction of sp³-hybridized carbons (Fsp3) is 0.263. The molecule has 3 aromatic carbocycles. The third-order valence-corrected chi connectivity index (χ3v) is 10.1. The molecule has 4 aliphatic rings. The Balaban J connectivity index is 1.15. The van der Waals surface area contributed by atoms with Crippen LogP contribution in [-0.4, -0.2) is 109 Å². The molecule has 0 bridgehead atoms. The molecule has 5 atom stereocenters. The van der Waals surface area contributed by atoms with E-state index in [9.17, 15) is 25.2 Å². The highest BCUT2D eigenvalue weighted by molar-refractivity contribution is 7.80. The highest BCUT2D eigenvalue weighted by Crippen LogP contribution is 2.42. The number of hydrogen-bond donors (Lipinski definition) is 7. The Morgan fingerprint density at radius 3 is 2.42 bits per heavy atom. The van der Waals surface area contributed by atoms with Gasteiger partial charge in [-0.05, 0) is 54.2 Å². The molecule has 1 spiro atoms. The Hall–Kier alpha value is -5.40. The zero-order valence-corrected chi connectivity index (χ0v) is 31.2. The van der Waals surface area contributed by atoms with Crippen molar-refractivity contribution in [2.45, 2.75) is 31.0 Å². The van der Waals surface area contributed by atoms with E-state index < -0.39 is 37.1 Å². The van der Waals surface area contributed by atoms with Gasteiger partial charge in [-0.3, -0.25) is 0 Å². The van der Waals surface area contributed by atoms with Crippen LogP contribution in [0.15, 0.2) is 82.4 Å². The monoisotopic (exact) mass is 769 g/mol. The first-order valence-corrected chi connectivity index (χ1v) is 17.8. The third kappa shape index (κ3) is 7.26. The minimum Gasteiger partial charge on any atom is -0.539 e. The molecule has 3 aromatic rings. The SMILES string of the molecule is CN(C)c1ccc2c(-c3ccc(NC(=S)Nc4ccc5c(c4)[B-]4(OC5)OC[C@H]([C@@H](O)[C@H](O)[C@@H](O)/C=N\O)O4)cc3C(=O)O)c3ccc(=[N+](C)C)cc-3oc2c1. The van der Waals surface area contributed by atoms with Crippen LogP contribution in [-0.2, 0) is 20.6 Å². The highest BCUT2D eigenvalue weighted by atomic mass is 32.1. The lowest BCUT2D eigenvalue weighted by Crippen LogP contribution is -2.52. The standard InChI is InChI=1S/C38H39BN5O10S/c1-43(2)23-8-11-26-31(15-23)53-32-16-24(44(3)4)9-12-27(32)34(26)25-10-7-21(13-28(25)37(48)49)41-38(55)42-22-6-5-20-18-51-39(29(20)14-22)52-19-33(54-39)36(47)35(46)30(45)17-40-50/h5-17,30,33,35-36,45-47H,18-19H2,1-4H3,(H3,42,48,49,50,55)/q-1/p+1/b40-17-/t30-,33+,35+,36+,39?/m0/s1. The number of carbonyl (C=O) groups is 1. The van der Waals surface area contributed by atoms with Gasteiger partial charge in [-0.15, -0.1) is 5.46 Å². The minimum atomic E-state index is -2.50. The van der Waals surface area contributed by atoms with Crippen molar-refractivity contribution in [3.8, 4) is 22.5 Å². The summed E-state index contributed by atoms with van der Waals surface area (Å²) in [4.78, 5) is 14.8. The molecule has 0 radical (unpaired) electrons. The summed E-state index contributed by atoms with van der Waals surface area (Å²) in [6.45, 7) is -2.48. The number of benzene rings is 4. The number of thiocarbonyl (C=S) groups is 1. The van der Waals surface area contributed by atoms with Gasteiger partial charge in [0.1, 0.15) is 43.8 Å². The number of carboxylic acid groups (broad SMARTS) is 1. The Kier molecular flexibility index (Phi) is 10.4. The molecular formula is C38H40BN5O10S. The molecule has 1 fully saturated rings. The number of nitrogens with one attached hydrogen (secondary N) is 2. The van der Waals surface area contributed by atoms with Crippen molar-refractivity contribution >= 4 is 69.8 Å². The van der Waals surface area contributed by atoms with Gasteiger partial charge in [0.2, 0.25) is 5.36 Å². The highest BCUT2D eigenvalue weighted by Gasteiger charge is 2.47. The molecule has 286 valence electrons. The number of fused-ring (bicyclic) bond motifs is 4. The average Bonchev–Trinajstić information content (AvgIpc) is 3.76. The molecule has 1 saturated heterocycles. The normalized spacial score (nSPS) is 19.4. The number of anilines is 3. The number of aliphatic hydroxyl groups excluding tert-OH is 3. The fourth-order valence-corrected chi connectivity index (χ4v) is 7.22. The zero-order chi connectivity index (χ0) is 39.2. The Morgan fingerprint density at radius 2 is 1.71 bits per heavy atom. The van der Waals surface area contributed by atoms with Gasteiger partial charge in [-0.2, -0.15) is 0 Å². The Bertz CT molecular complexity index is 2380. The maximum atomic E-state index is 12.9. The number of aliphatic hydroxyl groups is 3. The third-order valence-electron chi connectivity index (χ3n) is 9.88. The van der Waals surface area contributed by atoms with Crippen LogP contribution in [0.2, 0.25) is 0 Å². The summed E-state index contributed by atoms with van der Waals surface area (Å²) in [5.41, 5.74) is 5.93. The summed E-state index contributed by atoms with van der Waals surface area (Å²) in [5, 5.41) is 60.8. The quantitative estimate of drug-likeness (QED) is 0.0219. The van der Waals surface area contributed by atoms with E-state index in [2.05, 4.69) is 15.8 Å². The van der Waals surface area contributed by atoms with Gasteiger partial charge < -0.3 is 59.5 Å². The lowest BCUT2D eigenvalue weighted by molar-refractivity contribution is -0.0784. The van der Waals surface area contributed by atoms with Gasteiger partial charge in [0.15, 0.2) is 5.11 Å². The van der Waals surface area contributed by atoms with Crippen LogP contribution in [0.4, 0.5) is 17.1 Å². The van der Waals surface area contributed by atoms with Crippen molar-refractivity contribution in [2.75, 3.05) is 50.3 Å². The number of carboxylic acids is 1. The van der Waals surface area contributed by atoms with Crippen molar-refractivity contribution in [3.63, 3.8) is 0 Å². The molecular weight excluding hydrogens is 729 g/mol. The first-order valence-electron chi connectivity index (χ1n) is 17.4. The Labute approximate surface area is 320 Å². The van der Waals surface area contributed by atoms with Crippen LogP contribution >= 0.6 is 12.2 Å². The number of hydrogen-bond acceptors (Lipinski definition) is 12. The molecule has 0 amide bonds. The number of aromatic carboxylic acids is 1. The predicted molar refractivity (Wildman–Crippen MR) is 212 cm³/mol. The smallest absolute Gasteiger partial charge is 0.410 e. The lowest BCUT2D eigenvalue weighted by Gasteiger charge is -2.33. The molecule has 0 aromatic heterocycles. The van der Waals surface area contributed by atoms with Crippen molar-refractivity contribution in [3.05, 3.63) is 89.3 Å². The number of rotatable bonds is 9. The molecule has 7 rings (SSSR count). The van der Waals surface area contributed by atoms with Gasteiger partial charge >= 0.3 is 12.7 Å².